The Morgan fingerprint density at radius 3 is 2.42 bits per heavy atom. The standard InChI is InChI=1S/C14H18BrClN2O/c1-10(2)14(19)18-7-5-17(6-8-18)13-4-3-11(16)9-12(13)15/h3-4,9-10H,5-8H2,1-2H3. The first-order chi connectivity index (χ1) is 8.99. The van der Waals surface area contributed by atoms with E-state index in [0.29, 0.717) is 0 Å². The normalized spacial score (nSPS) is 16.1. The van der Waals surface area contributed by atoms with Gasteiger partial charge >= 0.3 is 0 Å². The summed E-state index contributed by atoms with van der Waals surface area (Å²) in [4.78, 5) is 16.2. The zero-order valence-corrected chi connectivity index (χ0v) is 13.5. The number of piperazine rings is 1. The van der Waals surface area contributed by atoms with Crippen LogP contribution in [0.1, 0.15) is 13.8 Å². The van der Waals surface area contributed by atoms with Crippen LogP contribution >= 0.6 is 27.5 Å². The molecule has 1 aromatic rings. The van der Waals surface area contributed by atoms with E-state index in [4.69, 9.17) is 11.6 Å². The summed E-state index contributed by atoms with van der Waals surface area (Å²) in [6, 6.07) is 5.82. The molecule has 0 atom stereocenters. The molecule has 104 valence electrons. The molecule has 19 heavy (non-hydrogen) atoms. The third kappa shape index (κ3) is 3.42. The van der Waals surface area contributed by atoms with Crippen LogP contribution in [0.5, 0.6) is 0 Å². The predicted octanol–water partition coefficient (Wildman–Crippen LogP) is 3.41. The fraction of sp³-hybridized carbons (Fsp3) is 0.500. The largest absolute Gasteiger partial charge is 0.367 e. The molecule has 0 unspecified atom stereocenters. The minimum Gasteiger partial charge on any atom is -0.367 e. The van der Waals surface area contributed by atoms with Gasteiger partial charge in [-0.3, -0.25) is 4.79 Å². The van der Waals surface area contributed by atoms with Crippen LogP contribution in [0, 0.1) is 5.92 Å². The molecule has 1 amide bonds. The highest BCUT2D eigenvalue weighted by Gasteiger charge is 2.23. The second kappa shape index (κ2) is 6.14. The maximum atomic E-state index is 11.9. The van der Waals surface area contributed by atoms with E-state index < -0.39 is 0 Å². The molecular weight excluding hydrogens is 328 g/mol. The average Bonchev–Trinajstić information content (AvgIpc) is 2.38. The Morgan fingerprint density at radius 2 is 1.89 bits per heavy atom. The van der Waals surface area contributed by atoms with E-state index in [1.807, 2.05) is 36.9 Å². The highest BCUT2D eigenvalue weighted by molar-refractivity contribution is 9.10. The molecule has 0 N–H and O–H groups in total. The summed E-state index contributed by atoms with van der Waals surface area (Å²) in [6.45, 7) is 7.19. The number of carbonyl (C=O) groups is 1. The van der Waals surface area contributed by atoms with Gasteiger partial charge in [0, 0.05) is 41.6 Å². The maximum absolute atomic E-state index is 11.9. The van der Waals surface area contributed by atoms with Crippen molar-refractivity contribution in [2.24, 2.45) is 5.92 Å². The summed E-state index contributed by atoms with van der Waals surface area (Å²) < 4.78 is 1.00. The lowest BCUT2D eigenvalue weighted by Crippen LogP contribution is -2.50. The Morgan fingerprint density at radius 1 is 1.26 bits per heavy atom. The quantitative estimate of drug-likeness (QED) is 0.820. The lowest BCUT2D eigenvalue weighted by Gasteiger charge is -2.37. The van der Waals surface area contributed by atoms with E-state index in [9.17, 15) is 4.79 Å². The molecule has 0 radical (unpaired) electrons. The molecule has 5 heteroatoms. The van der Waals surface area contributed by atoms with Crippen molar-refractivity contribution in [1.29, 1.82) is 0 Å². The maximum Gasteiger partial charge on any atom is 0.225 e. The van der Waals surface area contributed by atoms with Crippen LogP contribution in [0.3, 0.4) is 0 Å². The van der Waals surface area contributed by atoms with Crippen molar-refractivity contribution in [3.8, 4) is 0 Å². The molecule has 0 spiro atoms. The Bertz CT molecular complexity index is 471. The fourth-order valence-electron chi connectivity index (χ4n) is 2.27. The predicted molar refractivity (Wildman–Crippen MR) is 82.8 cm³/mol. The molecule has 1 aliphatic rings. The molecule has 1 aliphatic heterocycles. The van der Waals surface area contributed by atoms with Crippen molar-refractivity contribution in [1.82, 2.24) is 4.90 Å². The molecule has 3 nitrogen and oxygen atoms in total. The van der Waals surface area contributed by atoms with Crippen molar-refractivity contribution >= 4 is 39.1 Å². The summed E-state index contributed by atoms with van der Waals surface area (Å²) in [7, 11) is 0. The monoisotopic (exact) mass is 344 g/mol. The van der Waals surface area contributed by atoms with Gasteiger partial charge in [-0.15, -0.1) is 0 Å². The van der Waals surface area contributed by atoms with Gasteiger partial charge in [-0.1, -0.05) is 25.4 Å². The van der Waals surface area contributed by atoms with Crippen LogP contribution in [0.4, 0.5) is 5.69 Å². The van der Waals surface area contributed by atoms with Crippen LogP contribution in [0.25, 0.3) is 0 Å². The Labute approximate surface area is 127 Å². The van der Waals surface area contributed by atoms with E-state index in [-0.39, 0.29) is 11.8 Å². The number of halogens is 2. The molecular formula is C14H18BrClN2O. The topological polar surface area (TPSA) is 23.6 Å². The minimum absolute atomic E-state index is 0.0776. The van der Waals surface area contributed by atoms with E-state index in [2.05, 4.69) is 20.8 Å². The number of benzene rings is 1. The zero-order valence-electron chi connectivity index (χ0n) is 11.2. The number of anilines is 1. The Balaban J connectivity index is 2.02. The molecule has 0 aliphatic carbocycles. The summed E-state index contributed by atoms with van der Waals surface area (Å²) in [5, 5.41) is 0.726. The summed E-state index contributed by atoms with van der Waals surface area (Å²) >= 11 is 9.50. The zero-order chi connectivity index (χ0) is 14.0. The van der Waals surface area contributed by atoms with Gasteiger partial charge in [-0.05, 0) is 34.1 Å². The number of carbonyl (C=O) groups excluding carboxylic acids is 1. The lowest BCUT2D eigenvalue weighted by atomic mass is 10.1. The highest BCUT2D eigenvalue weighted by atomic mass is 79.9. The van der Waals surface area contributed by atoms with Gasteiger partial charge in [-0.2, -0.15) is 0 Å². The lowest BCUT2D eigenvalue weighted by molar-refractivity contribution is -0.134. The molecule has 0 aromatic heterocycles. The number of hydrogen-bond acceptors (Lipinski definition) is 2. The first kappa shape index (κ1) is 14.7. The van der Waals surface area contributed by atoms with Crippen LogP contribution in [-0.2, 0) is 4.79 Å². The van der Waals surface area contributed by atoms with Crippen molar-refractivity contribution in [3.05, 3.63) is 27.7 Å². The second-order valence-corrected chi connectivity index (χ2v) is 6.35. The number of rotatable bonds is 2. The van der Waals surface area contributed by atoms with Crippen LogP contribution in [0.2, 0.25) is 5.02 Å². The molecule has 2 rings (SSSR count). The van der Waals surface area contributed by atoms with Gasteiger partial charge in [0.15, 0.2) is 0 Å². The number of amides is 1. The van der Waals surface area contributed by atoms with Crippen molar-refractivity contribution < 1.29 is 4.79 Å². The van der Waals surface area contributed by atoms with Gasteiger partial charge in [0.2, 0.25) is 5.91 Å². The summed E-state index contributed by atoms with van der Waals surface area (Å²) in [6.07, 6.45) is 0. The first-order valence-electron chi connectivity index (χ1n) is 6.48. The molecule has 1 fully saturated rings. The average molecular weight is 346 g/mol. The van der Waals surface area contributed by atoms with Crippen molar-refractivity contribution in [2.45, 2.75) is 13.8 Å². The van der Waals surface area contributed by atoms with Gasteiger partial charge < -0.3 is 9.80 Å². The molecule has 0 saturated carbocycles. The van der Waals surface area contributed by atoms with Gasteiger partial charge in [0.05, 0.1) is 5.69 Å². The molecule has 0 bridgehead atoms. The first-order valence-corrected chi connectivity index (χ1v) is 7.65. The third-order valence-corrected chi connectivity index (χ3v) is 4.21. The van der Waals surface area contributed by atoms with Gasteiger partial charge in [0.1, 0.15) is 0 Å². The molecule has 1 heterocycles. The Hall–Kier alpha value is -0.740. The number of hydrogen-bond donors (Lipinski definition) is 0. The molecule has 1 saturated heterocycles. The van der Waals surface area contributed by atoms with Gasteiger partial charge in [0.25, 0.3) is 0 Å². The second-order valence-electron chi connectivity index (χ2n) is 5.06. The van der Waals surface area contributed by atoms with E-state index in [0.717, 1.165) is 41.4 Å². The van der Waals surface area contributed by atoms with Gasteiger partial charge in [-0.25, -0.2) is 0 Å². The summed E-state index contributed by atoms with van der Waals surface area (Å²) in [5.74, 6) is 0.323. The highest BCUT2D eigenvalue weighted by Crippen LogP contribution is 2.29. The van der Waals surface area contributed by atoms with Crippen LogP contribution in [-0.4, -0.2) is 37.0 Å². The number of nitrogens with zero attached hydrogens (tertiary/aromatic N) is 2. The van der Waals surface area contributed by atoms with E-state index >= 15 is 0 Å². The Kier molecular flexibility index (Phi) is 4.74. The SMILES string of the molecule is CC(C)C(=O)N1CCN(c2ccc(Cl)cc2Br)CC1. The van der Waals surface area contributed by atoms with Crippen molar-refractivity contribution in [2.75, 3.05) is 31.1 Å². The van der Waals surface area contributed by atoms with Crippen molar-refractivity contribution in [3.63, 3.8) is 0 Å². The minimum atomic E-state index is 0.0776. The summed E-state index contributed by atoms with van der Waals surface area (Å²) in [5.41, 5.74) is 1.14. The van der Waals surface area contributed by atoms with Crippen LogP contribution < -0.4 is 4.90 Å². The molecule has 1 aromatic carbocycles. The fourth-order valence-corrected chi connectivity index (χ4v) is 3.20. The van der Waals surface area contributed by atoms with E-state index in [1.54, 1.807) is 0 Å². The third-order valence-electron chi connectivity index (χ3n) is 3.34. The van der Waals surface area contributed by atoms with E-state index in [1.165, 1.54) is 0 Å². The smallest absolute Gasteiger partial charge is 0.225 e. The van der Waals surface area contributed by atoms with Crippen LogP contribution in [0.15, 0.2) is 22.7 Å².